The van der Waals surface area contributed by atoms with Crippen molar-refractivity contribution >= 4 is 5.95 Å². The van der Waals surface area contributed by atoms with E-state index in [4.69, 9.17) is 4.74 Å². The van der Waals surface area contributed by atoms with E-state index in [1.54, 1.807) is 60.7 Å². The van der Waals surface area contributed by atoms with E-state index in [2.05, 4.69) is 25.5 Å². The number of imidazole rings is 1. The molecule has 0 spiro atoms. The summed E-state index contributed by atoms with van der Waals surface area (Å²) in [6, 6.07) is 4.77. The van der Waals surface area contributed by atoms with Crippen LogP contribution in [0, 0.1) is 0 Å². The number of aromatic hydroxyl groups is 1. The molecule has 2 fully saturated rings. The van der Waals surface area contributed by atoms with Crippen molar-refractivity contribution in [1.82, 2.24) is 30.0 Å². The lowest BCUT2D eigenvalue weighted by Gasteiger charge is -2.38. The van der Waals surface area contributed by atoms with E-state index >= 15 is 4.39 Å². The van der Waals surface area contributed by atoms with Crippen LogP contribution in [0.5, 0.6) is 5.75 Å². The van der Waals surface area contributed by atoms with Gasteiger partial charge in [0.05, 0.1) is 30.4 Å². The second-order valence-electron chi connectivity index (χ2n) is 8.06. The molecule has 5 rings (SSSR count). The molecule has 2 N–H and O–H groups in total. The number of alkyl halides is 1. The highest BCUT2D eigenvalue weighted by Gasteiger charge is 2.48. The molecule has 31 heavy (non-hydrogen) atoms. The third kappa shape index (κ3) is 3.51. The Morgan fingerprint density at radius 2 is 2.13 bits per heavy atom. The number of halogens is 1. The average molecular weight is 425 g/mol. The Balaban J connectivity index is 1.34. The molecule has 162 valence electrons. The van der Waals surface area contributed by atoms with Gasteiger partial charge in [-0.2, -0.15) is 0 Å². The summed E-state index contributed by atoms with van der Waals surface area (Å²) in [5, 5.41) is 22.2. The number of benzene rings is 1. The Morgan fingerprint density at radius 3 is 2.81 bits per heavy atom. The number of aromatic nitrogens is 5. The summed E-state index contributed by atoms with van der Waals surface area (Å²) < 4.78 is 22.3. The van der Waals surface area contributed by atoms with E-state index in [-0.39, 0.29) is 30.0 Å². The Hall–Kier alpha value is -3.11. The summed E-state index contributed by atoms with van der Waals surface area (Å²) >= 11 is 0. The molecule has 3 aromatic rings. The predicted molar refractivity (Wildman–Crippen MR) is 112 cm³/mol. The number of hydrogen-bond donors (Lipinski definition) is 2. The van der Waals surface area contributed by atoms with Crippen LogP contribution in [0.25, 0.3) is 16.9 Å². The summed E-state index contributed by atoms with van der Waals surface area (Å²) in [6.07, 6.45) is 6.90. The van der Waals surface area contributed by atoms with Crippen LogP contribution in [0.2, 0.25) is 0 Å². The van der Waals surface area contributed by atoms with Crippen molar-refractivity contribution in [1.29, 1.82) is 0 Å². The molecule has 2 aliphatic rings. The van der Waals surface area contributed by atoms with E-state index < -0.39 is 6.17 Å². The Morgan fingerprint density at radius 1 is 1.26 bits per heavy atom. The predicted octanol–water partition coefficient (Wildman–Crippen LogP) is 1.72. The van der Waals surface area contributed by atoms with Gasteiger partial charge in [-0.15, -0.1) is 10.2 Å². The maximum Gasteiger partial charge on any atom is 0.245 e. The number of hydrogen-bond acceptors (Lipinski definition) is 8. The highest BCUT2D eigenvalue weighted by atomic mass is 19.1. The topological polar surface area (TPSA) is 101 Å². The average Bonchev–Trinajstić information content (AvgIpc) is 3.44. The van der Waals surface area contributed by atoms with E-state index in [0.29, 0.717) is 30.0 Å². The van der Waals surface area contributed by atoms with E-state index in [1.807, 2.05) is 6.07 Å². The fourth-order valence-electron chi connectivity index (χ4n) is 4.61. The summed E-state index contributed by atoms with van der Waals surface area (Å²) in [4.78, 5) is 10.2. The molecule has 4 heterocycles. The number of piperidine rings is 1. The van der Waals surface area contributed by atoms with Crippen molar-refractivity contribution in [2.75, 3.05) is 19.1 Å². The standard InChI is InChI=1S/C21H24FN7O2/c1-28(17-8-14-19(31-2)9-15(25-14)20(17)22)21-24-10-16(26-27-21)13-4-3-12(7-18(13)30)29-6-5-23-11-29/h3-7,10-11,14-15,17,19-20,25,30H,8-9H2,1-2H3/t14?,15?,17-,19-,20-/m1/s1. The lowest BCUT2D eigenvalue weighted by atomic mass is 9.96. The molecular formula is C21H24FN7O2. The number of fused-ring (bicyclic) bond motifs is 2. The summed E-state index contributed by atoms with van der Waals surface area (Å²) in [5.74, 6) is 0.411. The maximum absolute atomic E-state index is 15.1. The van der Waals surface area contributed by atoms with Crippen LogP contribution in [0.3, 0.4) is 0 Å². The molecule has 2 unspecified atom stereocenters. The molecule has 2 aromatic heterocycles. The number of rotatable bonds is 5. The number of nitrogens with zero attached hydrogens (tertiary/aromatic N) is 6. The van der Waals surface area contributed by atoms with Crippen molar-refractivity contribution in [2.45, 2.75) is 43.2 Å². The third-order valence-electron chi connectivity index (χ3n) is 6.34. The van der Waals surface area contributed by atoms with Crippen LogP contribution in [0.1, 0.15) is 12.8 Å². The maximum atomic E-state index is 15.1. The second kappa shape index (κ2) is 7.86. The van der Waals surface area contributed by atoms with Gasteiger partial charge >= 0.3 is 0 Å². The van der Waals surface area contributed by atoms with Crippen molar-refractivity contribution in [3.63, 3.8) is 0 Å². The van der Waals surface area contributed by atoms with Gasteiger partial charge in [0.2, 0.25) is 5.95 Å². The summed E-state index contributed by atoms with van der Waals surface area (Å²) in [6.45, 7) is 0. The SMILES string of the molecule is CO[C@@H]1CC2NC1C[C@@H](N(C)c1ncc(-c3ccc(-n4ccnc4)cc3O)nn1)[C@@H]2F. The Labute approximate surface area is 178 Å². The number of methoxy groups -OCH3 is 1. The first-order chi connectivity index (χ1) is 15.0. The second-order valence-corrected chi connectivity index (χ2v) is 8.06. The minimum atomic E-state index is -1.05. The fraction of sp³-hybridized carbons (Fsp3) is 0.429. The van der Waals surface area contributed by atoms with Gasteiger partial charge in [0.15, 0.2) is 0 Å². The minimum Gasteiger partial charge on any atom is -0.507 e. The molecule has 0 saturated carbocycles. The van der Waals surface area contributed by atoms with Gasteiger partial charge in [-0.1, -0.05) is 0 Å². The van der Waals surface area contributed by atoms with Crippen LogP contribution in [0.4, 0.5) is 10.3 Å². The largest absolute Gasteiger partial charge is 0.507 e. The van der Waals surface area contributed by atoms with E-state index in [1.165, 1.54) is 0 Å². The number of ether oxygens (including phenoxy) is 1. The van der Waals surface area contributed by atoms with Gasteiger partial charge in [0.1, 0.15) is 17.6 Å². The molecular weight excluding hydrogens is 401 g/mol. The monoisotopic (exact) mass is 425 g/mol. The molecule has 0 amide bonds. The first-order valence-electron chi connectivity index (χ1n) is 10.2. The summed E-state index contributed by atoms with van der Waals surface area (Å²) in [5.41, 5.74) is 1.73. The lowest BCUT2D eigenvalue weighted by Crippen LogP contribution is -2.56. The normalized spacial score (nSPS) is 27.4. The zero-order chi connectivity index (χ0) is 21.5. The quantitative estimate of drug-likeness (QED) is 0.637. The molecule has 9 nitrogen and oxygen atoms in total. The lowest BCUT2D eigenvalue weighted by molar-refractivity contribution is 0.0876. The van der Waals surface area contributed by atoms with Crippen LogP contribution < -0.4 is 10.2 Å². The van der Waals surface area contributed by atoms with Crippen LogP contribution in [0.15, 0.2) is 43.1 Å². The van der Waals surface area contributed by atoms with Gasteiger partial charge in [-0.25, -0.2) is 14.4 Å². The first-order valence-corrected chi connectivity index (χ1v) is 10.2. The van der Waals surface area contributed by atoms with Crippen molar-refractivity contribution < 1.29 is 14.2 Å². The van der Waals surface area contributed by atoms with Crippen molar-refractivity contribution in [3.05, 3.63) is 43.1 Å². The van der Waals surface area contributed by atoms with E-state index in [0.717, 1.165) is 5.69 Å². The highest BCUT2D eigenvalue weighted by molar-refractivity contribution is 5.68. The van der Waals surface area contributed by atoms with Gasteiger partial charge in [0.25, 0.3) is 0 Å². The summed E-state index contributed by atoms with van der Waals surface area (Å²) in [7, 11) is 3.46. The van der Waals surface area contributed by atoms with Crippen LogP contribution in [-0.2, 0) is 4.74 Å². The highest BCUT2D eigenvalue weighted by Crippen LogP contribution is 2.34. The molecule has 2 aliphatic heterocycles. The minimum absolute atomic E-state index is 0.0244. The van der Waals surface area contributed by atoms with Crippen LogP contribution >= 0.6 is 0 Å². The number of phenols is 1. The van der Waals surface area contributed by atoms with Crippen LogP contribution in [-0.4, -0.2) is 74.4 Å². The Kier molecular flexibility index (Phi) is 5.03. The molecule has 1 aromatic carbocycles. The van der Waals surface area contributed by atoms with Gasteiger partial charge in [-0.05, 0) is 25.0 Å². The Bertz CT molecular complexity index is 1050. The van der Waals surface area contributed by atoms with Gasteiger partial charge < -0.3 is 24.6 Å². The molecule has 2 saturated heterocycles. The zero-order valence-corrected chi connectivity index (χ0v) is 17.3. The third-order valence-corrected chi connectivity index (χ3v) is 6.34. The van der Waals surface area contributed by atoms with Crippen molar-refractivity contribution in [3.8, 4) is 22.7 Å². The smallest absolute Gasteiger partial charge is 0.245 e. The molecule has 5 atom stereocenters. The number of phenolic OH excluding ortho intramolecular Hbond substituents is 1. The number of nitrogens with one attached hydrogen (secondary N) is 1. The van der Waals surface area contributed by atoms with Crippen molar-refractivity contribution in [2.24, 2.45) is 0 Å². The van der Waals surface area contributed by atoms with Gasteiger partial charge in [-0.3, -0.25) is 0 Å². The molecule has 2 bridgehead atoms. The fourth-order valence-corrected chi connectivity index (χ4v) is 4.61. The number of anilines is 1. The van der Waals surface area contributed by atoms with Gasteiger partial charge in [0, 0.05) is 50.3 Å². The molecule has 0 radical (unpaired) electrons. The van der Waals surface area contributed by atoms with E-state index in [9.17, 15) is 5.11 Å². The molecule has 10 heteroatoms. The molecule has 0 aliphatic carbocycles. The zero-order valence-electron chi connectivity index (χ0n) is 17.3. The first kappa shape index (κ1) is 19.8.